The molecule has 0 N–H and O–H groups in total. The lowest BCUT2D eigenvalue weighted by molar-refractivity contribution is 1.18. The fourth-order valence-corrected chi connectivity index (χ4v) is 18.7. The number of hydrogen-bond donors (Lipinski definition) is 0. The summed E-state index contributed by atoms with van der Waals surface area (Å²) in [5, 5.41) is 43.5. The Bertz CT molecular complexity index is 7690. The Morgan fingerprint density at radius 2 is 0.517 bits per heavy atom. The van der Waals surface area contributed by atoms with Crippen LogP contribution in [0.4, 0.5) is 0 Å². The van der Waals surface area contributed by atoms with Gasteiger partial charge in [-0.3, -0.25) is 9.97 Å². The molecule has 24 aromatic rings. The molecular weight excluding hydrogens is 1430 g/mol. The van der Waals surface area contributed by atoms with Crippen LogP contribution in [0.3, 0.4) is 0 Å². The Morgan fingerprint density at radius 3 is 0.881 bits per heavy atom. The third kappa shape index (κ3) is 11.0. The van der Waals surface area contributed by atoms with Gasteiger partial charge in [0.2, 0.25) is 0 Å². The van der Waals surface area contributed by atoms with Gasteiger partial charge in [-0.1, -0.05) is 231 Å². The van der Waals surface area contributed by atoms with Gasteiger partial charge >= 0.3 is 0 Å². The number of fused-ring (bicyclic) bond motifs is 10. The van der Waals surface area contributed by atoms with Gasteiger partial charge in [-0.25, -0.2) is 9.97 Å². The van der Waals surface area contributed by atoms with E-state index in [-0.39, 0.29) is 0 Å². The first-order chi connectivity index (χ1) is 58.4. The number of nitriles is 2. The van der Waals surface area contributed by atoms with E-state index in [9.17, 15) is 10.5 Å². The first kappa shape index (κ1) is 67.4. The van der Waals surface area contributed by atoms with Crippen molar-refractivity contribution in [3.05, 3.63) is 400 Å². The molecule has 0 aliphatic carbocycles. The van der Waals surface area contributed by atoms with Crippen molar-refractivity contribution in [2.75, 3.05) is 0 Å². The van der Waals surface area contributed by atoms with Crippen molar-refractivity contribution in [2.45, 2.75) is 0 Å². The van der Waals surface area contributed by atoms with Gasteiger partial charge in [-0.05, 0) is 265 Å². The maximum absolute atomic E-state index is 10.0. The van der Waals surface area contributed by atoms with Crippen LogP contribution >= 0.6 is 0 Å². The SMILES string of the molecule is N#Cc1cc2ccc3cc(-c4cc5c6ccccc6c(-c6cc(-c7ccccn7)cc(-c7ccccn7)c6)cc5c5ccccc45)cc4c3c2c(c1)n4-c1ccccc1.N#Cc1cc2ccc3cc(-c4cc5c6ccccc6c(-c6nc(-c7ccccc7)cc(-c7ccccc7)n6)cc5c5ccccc45)cc4c3c2c(c1)n4-c1ccccc1. The predicted octanol–water partition coefficient (Wildman–Crippen LogP) is 28.3. The Kier molecular flexibility index (Phi) is 15.6. The van der Waals surface area contributed by atoms with E-state index in [0.717, 1.165) is 133 Å². The van der Waals surface area contributed by atoms with Crippen molar-refractivity contribution < 1.29 is 0 Å². The summed E-state index contributed by atoms with van der Waals surface area (Å²) in [6, 6.07) is 138. The molecule has 0 unspecified atom stereocenters. The predicted molar refractivity (Wildman–Crippen MR) is 488 cm³/mol. The van der Waals surface area contributed by atoms with E-state index in [2.05, 4.69) is 325 Å². The quantitative estimate of drug-likeness (QED) is 0.126. The highest BCUT2D eigenvalue weighted by Gasteiger charge is 2.26. The summed E-state index contributed by atoms with van der Waals surface area (Å²) in [6.45, 7) is 0. The summed E-state index contributed by atoms with van der Waals surface area (Å²) in [7, 11) is 0. The Morgan fingerprint density at radius 1 is 0.212 bits per heavy atom. The summed E-state index contributed by atoms with van der Waals surface area (Å²) in [4.78, 5) is 20.1. The zero-order valence-electron chi connectivity index (χ0n) is 63.5. The van der Waals surface area contributed by atoms with Gasteiger partial charge in [-0.15, -0.1) is 0 Å². The second kappa shape index (κ2) is 27.3. The lowest BCUT2D eigenvalue weighted by Gasteiger charge is -2.17. The molecule has 5 heterocycles. The Labute approximate surface area is 677 Å². The lowest BCUT2D eigenvalue weighted by atomic mass is 9.86. The third-order valence-electron chi connectivity index (χ3n) is 23.9. The summed E-state index contributed by atoms with van der Waals surface area (Å²) in [6.07, 6.45) is 3.70. The molecule has 0 atom stereocenters. The molecule has 5 aromatic heterocycles. The molecule has 544 valence electrons. The average molecular weight is 1500 g/mol. The standard InChI is InChI=1S/2C55H32N4/c56-33-34-26-37-24-25-38-28-39(29-52-54(38)53(37)51(27-34)59(52)40-18-8-3-9-19-40)45-30-46-43-22-12-13-23-44(43)48(31-47(46)42-21-11-10-20-41(42)45)55-57-49(35-14-4-1-5-15-35)32-50(58-55)36-16-6-2-7-17-36;56-33-34-24-35-20-21-36-26-38(30-53-55(36)54(35)52(25-34)59(53)41-12-2-1-3-13-41)47-32-49-44-16-6-4-14-42(44)46(31-48(49)45-17-7-5-15-43(45)47)37-27-39(50-18-8-10-22-57-50)29-40(28-37)51-19-9-11-23-58-51/h2*1-32H. The maximum atomic E-state index is 10.0. The zero-order valence-corrected chi connectivity index (χ0v) is 63.5. The number of para-hydroxylation sites is 2. The number of rotatable bonds is 10. The van der Waals surface area contributed by atoms with E-state index in [1.165, 1.54) is 91.9 Å². The highest BCUT2D eigenvalue weighted by molar-refractivity contribution is 6.30. The second-order valence-electron chi connectivity index (χ2n) is 30.6. The molecule has 24 rings (SSSR count). The highest BCUT2D eigenvalue weighted by atomic mass is 15.0. The molecule has 118 heavy (non-hydrogen) atoms. The lowest BCUT2D eigenvalue weighted by Crippen LogP contribution is -1.97. The number of benzene rings is 19. The molecule has 0 aliphatic heterocycles. The van der Waals surface area contributed by atoms with Crippen molar-refractivity contribution in [2.24, 2.45) is 0 Å². The first-order valence-corrected chi connectivity index (χ1v) is 39.7. The summed E-state index contributed by atoms with van der Waals surface area (Å²) >= 11 is 0. The van der Waals surface area contributed by atoms with Crippen LogP contribution in [0.25, 0.3) is 231 Å². The van der Waals surface area contributed by atoms with E-state index in [1.54, 1.807) is 0 Å². The van der Waals surface area contributed by atoms with Crippen LogP contribution in [-0.2, 0) is 0 Å². The van der Waals surface area contributed by atoms with E-state index >= 15 is 0 Å². The fourth-order valence-electron chi connectivity index (χ4n) is 18.7. The molecule has 0 aliphatic rings. The molecule has 0 radical (unpaired) electrons. The largest absolute Gasteiger partial charge is 0.309 e. The van der Waals surface area contributed by atoms with Crippen LogP contribution in [0.5, 0.6) is 0 Å². The van der Waals surface area contributed by atoms with E-state index in [1.807, 2.05) is 85.2 Å². The highest BCUT2D eigenvalue weighted by Crippen LogP contribution is 2.50. The van der Waals surface area contributed by atoms with Gasteiger partial charge in [0.1, 0.15) is 0 Å². The van der Waals surface area contributed by atoms with Crippen LogP contribution < -0.4 is 0 Å². The monoisotopic (exact) mass is 1500 g/mol. The third-order valence-corrected chi connectivity index (χ3v) is 23.9. The van der Waals surface area contributed by atoms with Crippen molar-refractivity contribution in [3.8, 4) is 113 Å². The van der Waals surface area contributed by atoms with Gasteiger partial charge in [0, 0.05) is 73.1 Å². The Hall–Kier alpha value is -16.3. The molecule has 0 spiro atoms. The van der Waals surface area contributed by atoms with E-state index < -0.39 is 0 Å². The van der Waals surface area contributed by atoms with E-state index in [0.29, 0.717) is 17.0 Å². The van der Waals surface area contributed by atoms with Gasteiger partial charge in [0.25, 0.3) is 0 Å². The Balaban J connectivity index is 0.000000138. The van der Waals surface area contributed by atoms with Gasteiger partial charge < -0.3 is 9.13 Å². The number of nitrogens with zero attached hydrogens (tertiary/aromatic N) is 8. The van der Waals surface area contributed by atoms with Crippen LogP contribution in [-0.4, -0.2) is 29.1 Å². The first-order valence-electron chi connectivity index (χ1n) is 39.7. The number of pyridine rings is 2. The second-order valence-corrected chi connectivity index (χ2v) is 30.6. The van der Waals surface area contributed by atoms with Gasteiger partial charge in [0.05, 0.1) is 68.1 Å². The molecule has 0 amide bonds. The normalized spacial score (nSPS) is 11.7. The van der Waals surface area contributed by atoms with Crippen molar-refractivity contribution in [1.82, 2.24) is 29.1 Å². The minimum absolute atomic E-state index is 0.654. The molecule has 19 aromatic carbocycles. The summed E-state index contributed by atoms with van der Waals surface area (Å²) < 4.78 is 4.66. The summed E-state index contributed by atoms with van der Waals surface area (Å²) in [5.41, 5.74) is 23.5. The molecule has 8 nitrogen and oxygen atoms in total. The number of aromatic nitrogens is 6. The van der Waals surface area contributed by atoms with Crippen molar-refractivity contribution in [3.63, 3.8) is 0 Å². The minimum Gasteiger partial charge on any atom is -0.309 e. The van der Waals surface area contributed by atoms with Gasteiger partial charge in [-0.2, -0.15) is 10.5 Å². The maximum Gasteiger partial charge on any atom is 0.161 e. The molecule has 8 heteroatoms. The summed E-state index contributed by atoms with van der Waals surface area (Å²) in [5.74, 6) is 0.695. The minimum atomic E-state index is 0.654. The number of hydrogen-bond acceptors (Lipinski definition) is 6. The topological polar surface area (TPSA) is 109 Å². The average Bonchev–Trinajstić information content (AvgIpc) is 1.48. The van der Waals surface area contributed by atoms with Gasteiger partial charge in [0.15, 0.2) is 5.82 Å². The van der Waals surface area contributed by atoms with E-state index in [4.69, 9.17) is 19.9 Å². The van der Waals surface area contributed by atoms with Crippen molar-refractivity contribution >= 4 is 130 Å². The zero-order chi connectivity index (χ0) is 78.1. The fraction of sp³-hybridized carbons (Fsp3) is 0. The molecule has 0 fully saturated rings. The van der Waals surface area contributed by atoms with Crippen LogP contribution in [0.15, 0.2) is 389 Å². The molecule has 0 saturated carbocycles. The molecule has 0 saturated heterocycles. The van der Waals surface area contributed by atoms with Crippen LogP contribution in [0.1, 0.15) is 11.1 Å². The molecular formula is C110H64N8. The van der Waals surface area contributed by atoms with Crippen molar-refractivity contribution in [1.29, 1.82) is 10.5 Å². The van der Waals surface area contributed by atoms with Crippen LogP contribution in [0, 0.1) is 22.7 Å². The molecule has 0 bridgehead atoms. The smallest absolute Gasteiger partial charge is 0.161 e. The van der Waals surface area contributed by atoms with Crippen LogP contribution in [0.2, 0.25) is 0 Å².